The zero-order valence-corrected chi connectivity index (χ0v) is 9.78. The number of carbonyl (C=O) groups excluding carboxylic acids is 1. The van der Waals surface area contributed by atoms with Gasteiger partial charge in [0, 0.05) is 13.3 Å². The standard InChI is InChI=1S/C9H11BrN2O3/c1-14-4-5-15-12-9(13)7-2-3-8(10)11-6-7/h2-3,6H,4-5H2,1H3,(H,12,13). The minimum atomic E-state index is -0.328. The van der Waals surface area contributed by atoms with E-state index in [9.17, 15) is 4.79 Å². The number of ether oxygens (including phenoxy) is 1. The molecule has 1 heterocycles. The molecule has 1 rings (SSSR count). The molecule has 15 heavy (non-hydrogen) atoms. The van der Waals surface area contributed by atoms with Gasteiger partial charge in [0.15, 0.2) is 0 Å². The van der Waals surface area contributed by atoms with Crippen LogP contribution in [0.5, 0.6) is 0 Å². The largest absolute Gasteiger partial charge is 0.382 e. The van der Waals surface area contributed by atoms with Crippen molar-refractivity contribution in [3.63, 3.8) is 0 Å². The molecule has 0 aliphatic carbocycles. The number of hydrogen-bond donors (Lipinski definition) is 1. The summed E-state index contributed by atoms with van der Waals surface area (Å²) in [6.45, 7) is 0.741. The normalized spacial score (nSPS) is 10.0. The first kappa shape index (κ1) is 12.1. The van der Waals surface area contributed by atoms with Gasteiger partial charge in [-0.05, 0) is 28.1 Å². The van der Waals surface area contributed by atoms with Crippen LogP contribution in [0, 0.1) is 0 Å². The van der Waals surface area contributed by atoms with Crippen molar-refractivity contribution in [2.45, 2.75) is 0 Å². The van der Waals surface area contributed by atoms with E-state index in [2.05, 4.69) is 26.4 Å². The Morgan fingerprint density at radius 2 is 2.33 bits per heavy atom. The Kier molecular flexibility index (Phi) is 5.23. The molecule has 0 bridgehead atoms. The molecule has 1 aromatic heterocycles. The van der Waals surface area contributed by atoms with Gasteiger partial charge in [0.25, 0.3) is 5.91 Å². The van der Waals surface area contributed by atoms with Crippen LogP contribution in [0.1, 0.15) is 10.4 Å². The molecule has 0 fully saturated rings. The predicted molar refractivity (Wildman–Crippen MR) is 57.2 cm³/mol. The summed E-state index contributed by atoms with van der Waals surface area (Å²) >= 11 is 3.18. The van der Waals surface area contributed by atoms with Crippen LogP contribution in [0.4, 0.5) is 0 Å². The third-order valence-corrected chi connectivity index (χ3v) is 2.01. The second-order valence-electron chi connectivity index (χ2n) is 2.64. The van der Waals surface area contributed by atoms with Gasteiger partial charge >= 0.3 is 0 Å². The highest BCUT2D eigenvalue weighted by Crippen LogP contribution is 2.05. The summed E-state index contributed by atoms with van der Waals surface area (Å²) in [6.07, 6.45) is 1.46. The molecule has 1 N–H and O–H groups in total. The number of amides is 1. The Labute approximate surface area is 95.9 Å². The van der Waals surface area contributed by atoms with Crippen LogP contribution in [-0.2, 0) is 9.57 Å². The van der Waals surface area contributed by atoms with Crippen LogP contribution in [0.25, 0.3) is 0 Å². The lowest BCUT2D eigenvalue weighted by Gasteiger charge is -2.04. The van der Waals surface area contributed by atoms with Crippen LogP contribution >= 0.6 is 15.9 Å². The van der Waals surface area contributed by atoms with E-state index in [1.54, 1.807) is 19.2 Å². The van der Waals surface area contributed by atoms with Crippen molar-refractivity contribution in [2.24, 2.45) is 0 Å². The lowest BCUT2D eigenvalue weighted by molar-refractivity contribution is 0.00886. The van der Waals surface area contributed by atoms with Gasteiger partial charge in [-0.3, -0.25) is 9.63 Å². The number of aromatic nitrogens is 1. The van der Waals surface area contributed by atoms with Crippen LogP contribution < -0.4 is 5.48 Å². The van der Waals surface area contributed by atoms with Gasteiger partial charge < -0.3 is 4.74 Å². The Morgan fingerprint density at radius 3 is 2.93 bits per heavy atom. The smallest absolute Gasteiger partial charge is 0.276 e. The van der Waals surface area contributed by atoms with Gasteiger partial charge in [0.1, 0.15) is 4.60 Å². The van der Waals surface area contributed by atoms with Crippen molar-refractivity contribution < 1.29 is 14.4 Å². The van der Waals surface area contributed by atoms with Crippen molar-refractivity contribution >= 4 is 21.8 Å². The monoisotopic (exact) mass is 274 g/mol. The molecule has 0 unspecified atom stereocenters. The maximum Gasteiger partial charge on any atom is 0.276 e. The molecule has 0 atom stereocenters. The highest BCUT2D eigenvalue weighted by Gasteiger charge is 2.04. The second kappa shape index (κ2) is 6.49. The van der Waals surface area contributed by atoms with E-state index in [-0.39, 0.29) is 5.91 Å². The van der Waals surface area contributed by atoms with Gasteiger partial charge in [0.05, 0.1) is 18.8 Å². The first-order chi connectivity index (χ1) is 7.24. The number of pyridine rings is 1. The van der Waals surface area contributed by atoms with Crippen molar-refractivity contribution in [3.8, 4) is 0 Å². The van der Waals surface area contributed by atoms with Gasteiger partial charge in [0.2, 0.25) is 0 Å². The SMILES string of the molecule is COCCONC(=O)c1ccc(Br)nc1. The van der Waals surface area contributed by atoms with Crippen LogP contribution in [0.15, 0.2) is 22.9 Å². The fraction of sp³-hybridized carbons (Fsp3) is 0.333. The van der Waals surface area contributed by atoms with E-state index in [1.807, 2.05) is 0 Å². The summed E-state index contributed by atoms with van der Waals surface area (Å²) in [5.74, 6) is -0.328. The van der Waals surface area contributed by atoms with Gasteiger partial charge in [-0.15, -0.1) is 0 Å². The summed E-state index contributed by atoms with van der Waals surface area (Å²) in [4.78, 5) is 20.2. The second-order valence-corrected chi connectivity index (χ2v) is 3.45. The molecule has 6 heteroatoms. The fourth-order valence-corrected chi connectivity index (χ4v) is 1.05. The molecular weight excluding hydrogens is 264 g/mol. The summed E-state index contributed by atoms with van der Waals surface area (Å²) in [5.41, 5.74) is 2.72. The number of hydroxylamine groups is 1. The molecule has 1 aromatic rings. The topological polar surface area (TPSA) is 60.5 Å². The minimum absolute atomic E-state index is 0.312. The number of nitrogens with one attached hydrogen (secondary N) is 1. The van der Waals surface area contributed by atoms with E-state index >= 15 is 0 Å². The molecule has 0 saturated heterocycles. The molecular formula is C9H11BrN2O3. The molecule has 0 radical (unpaired) electrons. The highest BCUT2D eigenvalue weighted by atomic mass is 79.9. The highest BCUT2D eigenvalue weighted by molar-refractivity contribution is 9.10. The predicted octanol–water partition coefficient (Wildman–Crippen LogP) is 1.15. The van der Waals surface area contributed by atoms with E-state index in [1.165, 1.54) is 6.20 Å². The zero-order chi connectivity index (χ0) is 11.1. The molecule has 0 aliphatic rings. The first-order valence-corrected chi connectivity index (χ1v) is 5.06. The zero-order valence-electron chi connectivity index (χ0n) is 8.20. The number of halogens is 1. The van der Waals surface area contributed by atoms with Crippen LogP contribution in [0.2, 0.25) is 0 Å². The summed E-state index contributed by atoms with van der Waals surface area (Å²) in [5, 5.41) is 0. The summed E-state index contributed by atoms with van der Waals surface area (Å²) in [7, 11) is 1.56. The third-order valence-electron chi connectivity index (χ3n) is 1.54. The maximum atomic E-state index is 11.4. The number of carbonyl (C=O) groups is 1. The Bertz CT molecular complexity index is 316. The van der Waals surface area contributed by atoms with Crippen LogP contribution in [0.3, 0.4) is 0 Å². The number of rotatable bonds is 5. The van der Waals surface area contributed by atoms with E-state index in [0.717, 1.165) is 0 Å². The first-order valence-electron chi connectivity index (χ1n) is 4.26. The van der Waals surface area contributed by atoms with Crippen molar-refractivity contribution in [3.05, 3.63) is 28.5 Å². The van der Waals surface area contributed by atoms with Crippen molar-refractivity contribution in [2.75, 3.05) is 20.3 Å². The number of hydrogen-bond acceptors (Lipinski definition) is 4. The minimum Gasteiger partial charge on any atom is -0.382 e. The molecule has 0 aliphatic heterocycles. The molecule has 82 valence electrons. The molecule has 1 amide bonds. The third kappa shape index (κ3) is 4.37. The van der Waals surface area contributed by atoms with E-state index in [4.69, 9.17) is 9.57 Å². The molecule has 0 spiro atoms. The average Bonchev–Trinajstić information content (AvgIpc) is 2.25. The van der Waals surface area contributed by atoms with E-state index in [0.29, 0.717) is 23.4 Å². The maximum absolute atomic E-state index is 11.4. The average molecular weight is 275 g/mol. The number of nitrogens with zero attached hydrogens (tertiary/aromatic N) is 1. The summed E-state index contributed by atoms with van der Waals surface area (Å²) < 4.78 is 5.43. The molecule has 0 saturated carbocycles. The lowest BCUT2D eigenvalue weighted by atomic mass is 10.3. The van der Waals surface area contributed by atoms with E-state index < -0.39 is 0 Å². The van der Waals surface area contributed by atoms with Crippen LogP contribution in [-0.4, -0.2) is 31.2 Å². The quantitative estimate of drug-likeness (QED) is 0.497. The molecule has 5 nitrogen and oxygen atoms in total. The number of methoxy groups -OCH3 is 1. The Hall–Kier alpha value is -0.980. The fourth-order valence-electron chi connectivity index (χ4n) is 0.811. The van der Waals surface area contributed by atoms with Crippen molar-refractivity contribution in [1.82, 2.24) is 10.5 Å². The van der Waals surface area contributed by atoms with Gasteiger partial charge in [-0.1, -0.05) is 0 Å². The Morgan fingerprint density at radius 1 is 1.53 bits per heavy atom. The summed E-state index contributed by atoms with van der Waals surface area (Å²) in [6, 6.07) is 3.33. The van der Waals surface area contributed by atoms with Gasteiger partial charge in [-0.25, -0.2) is 10.5 Å². The Balaban J connectivity index is 2.37. The van der Waals surface area contributed by atoms with Crippen molar-refractivity contribution in [1.29, 1.82) is 0 Å². The molecule has 0 aromatic carbocycles. The lowest BCUT2D eigenvalue weighted by Crippen LogP contribution is -2.25. The van der Waals surface area contributed by atoms with Gasteiger partial charge in [-0.2, -0.15) is 0 Å².